The van der Waals surface area contributed by atoms with E-state index >= 15 is 0 Å². The molecule has 1 aromatic heterocycles. The molecule has 7 nitrogen and oxygen atoms in total. The third-order valence-electron chi connectivity index (χ3n) is 7.14. The van der Waals surface area contributed by atoms with Crippen molar-refractivity contribution in [3.63, 3.8) is 0 Å². The summed E-state index contributed by atoms with van der Waals surface area (Å²) in [5.41, 5.74) is 5.99. The van der Waals surface area contributed by atoms with Crippen LogP contribution >= 0.6 is 0 Å². The topological polar surface area (TPSA) is 92.3 Å². The first-order valence-corrected chi connectivity index (χ1v) is 13.9. The number of benzene rings is 3. The van der Waals surface area contributed by atoms with Crippen LogP contribution in [0, 0.1) is 18.3 Å². The monoisotopic (exact) mass is 543 g/mol. The Bertz CT molecular complexity index is 1660. The number of nitriles is 1. The molecule has 0 radical (unpaired) electrons. The summed E-state index contributed by atoms with van der Waals surface area (Å²) >= 11 is 0. The second-order valence-corrected chi connectivity index (χ2v) is 10.0. The molecule has 0 bridgehead atoms. The number of aryl methyl sites for hydroxylation is 2. The van der Waals surface area contributed by atoms with Crippen LogP contribution in [0.4, 0.5) is 0 Å². The number of unbranched alkanes of at least 4 members (excludes halogenated alkanes) is 1. The van der Waals surface area contributed by atoms with Crippen molar-refractivity contribution in [3.8, 4) is 17.2 Å². The maximum Gasteiger partial charge on any atom is 0.260 e. The highest BCUT2D eigenvalue weighted by atomic mass is 16.5. The van der Waals surface area contributed by atoms with Gasteiger partial charge >= 0.3 is 0 Å². The average molecular weight is 544 g/mol. The van der Waals surface area contributed by atoms with Gasteiger partial charge in [-0.2, -0.15) is 5.26 Å². The number of hydrogen-bond donors (Lipinski definition) is 1. The van der Waals surface area contributed by atoms with E-state index in [1.165, 1.54) is 0 Å². The molecule has 206 valence electrons. The molecule has 1 atom stereocenters. The molecule has 7 heteroatoms. The van der Waals surface area contributed by atoms with Crippen LogP contribution in [0.5, 0.6) is 0 Å². The molecule has 1 N–H and O–H groups in total. The Labute approximate surface area is 240 Å². The van der Waals surface area contributed by atoms with Crippen molar-refractivity contribution in [2.45, 2.75) is 52.4 Å². The van der Waals surface area contributed by atoms with E-state index in [-0.39, 0.29) is 5.56 Å². The van der Waals surface area contributed by atoms with Gasteiger partial charge in [-0.05, 0) is 48.1 Å². The summed E-state index contributed by atoms with van der Waals surface area (Å²) in [7, 11) is 0. The maximum absolute atomic E-state index is 14.0. The lowest BCUT2D eigenvalue weighted by Gasteiger charge is -2.23. The molecule has 0 amide bonds. The highest BCUT2D eigenvalue weighted by Gasteiger charge is 2.21. The third kappa shape index (κ3) is 6.44. The Hall–Kier alpha value is -4.96. The number of aromatic nitrogens is 2. The number of ether oxygens (including phenoxy) is 1. The molecular weight excluding hydrogens is 510 g/mol. The van der Waals surface area contributed by atoms with Crippen LogP contribution in [-0.2, 0) is 24.2 Å². The van der Waals surface area contributed by atoms with Crippen LogP contribution in [0.2, 0.25) is 0 Å². The van der Waals surface area contributed by atoms with Gasteiger partial charge in [0.05, 0.1) is 23.5 Å². The summed E-state index contributed by atoms with van der Waals surface area (Å²) in [5, 5.41) is 12.7. The standard InChI is InChI=1S/C34H33N5O2/c1-3-4-14-32-31(19-25-15-17-27(18-16-25)30-13-9-8-12-28(30)20-35)33(40)39(24(2)38-32)34-36-21-29(22-37-34)41-23-26-10-6-5-7-11-26/h5-13,15-18,21-22,34,36H,3-4,14,19,23H2,1-2H3. The minimum absolute atomic E-state index is 0.0980. The SMILES string of the molecule is CCCCc1nc(C)n(C2N=CC(OCc3ccccc3)=CN2)c(=O)c1Cc1ccc(-c2ccccc2C#N)cc1. The average Bonchev–Trinajstić information content (AvgIpc) is 3.02. The zero-order valence-electron chi connectivity index (χ0n) is 23.4. The van der Waals surface area contributed by atoms with Crippen molar-refractivity contribution >= 4 is 6.21 Å². The zero-order chi connectivity index (χ0) is 28.6. The summed E-state index contributed by atoms with van der Waals surface area (Å²) in [6, 6.07) is 27.8. The van der Waals surface area contributed by atoms with Crippen LogP contribution in [0.15, 0.2) is 101 Å². The Morgan fingerprint density at radius 3 is 2.46 bits per heavy atom. The largest absolute Gasteiger partial charge is 0.486 e. The Morgan fingerprint density at radius 1 is 1.00 bits per heavy atom. The van der Waals surface area contributed by atoms with E-state index in [0.29, 0.717) is 35.7 Å². The second-order valence-electron chi connectivity index (χ2n) is 10.0. The van der Waals surface area contributed by atoms with E-state index < -0.39 is 6.29 Å². The molecule has 41 heavy (non-hydrogen) atoms. The van der Waals surface area contributed by atoms with Gasteiger partial charge in [0, 0.05) is 18.2 Å². The maximum atomic E-state index is 14.0. The van der Waals surface area contributed by atoms with Crippen LogP contribution in [0.25, 0.3) is 11.1 Å². The first-order chi connectivity index (χ1) is 20.1. The molecule has 4 aromatic rings. The normalized spacial score (nSPS) is 14.2. The van der Waals surface area contributed by atoms with Crippen LogP contribution in [0.1, 0.15) is 59.8 Å². The van der Waals surface area contributed by atoms with Crippen LogP contribution in [-0.4, -0.2) is 15.8 Å². The molecule has 1 aliphatic rings. The van der Waals surface area contributed by atoms with Crippen molar-refractivity contribution < 1.29 is 4.74 Å². The predicted molar refractivity (Wildman–Crippen MR) is 161 cm³/mol. The van der Waals surface area contributed by atoms with Gasteiger partial charge in [0.25, 0.3) is 5.56 Å². The molecule has 1 unspecified atom stereocenters. The van der Waals surface area contributed by atoms with Gasteiger partial charge in [-0.15, -0.1) is 0 Å². The van der Waals surface area contributed by atoms with Gasteiger partial charge in [-0.25, -0.2) is 9.98 Å². The summed E-state index contributed by atoms with van der Waals surface area (Å²) in [6.07, 6.45) is 5.97. The van der Waals surface area contributed by atoms with E-state index in [4.69, 9.17) is 9.72 Å². The van der Waals surface area contributed by atoms with Gasteiger partial charge < -0.3 is 10.1 Å². The van der Waals surface area contributed by atoms with Crippen LogP contribution in [0.3, 0.4) is 0 Å². The fraction of sp³-hybridized carbons (Fsp3) is 0.235. The third-order valence-corrected chi connectivity index (χ3v) is 7.14. The quantitative estimate of drug-likeness (QED) is 0.257. The van der Waals surface area contributed by atoms with Crippen LogP contribution < -0.4 is 10.9 Å². The second kappa shape index (κ2) is 12.9. The number of rotatable bonds is 10. The van der Waals surface area contributed by atoms with E-state index in [2.05, 4.69) is 23.3 Å². The lowest BCUT2D eigenvalue weighted by Crippen LogP contribution is -2.37. The van der Waals surface area contributed by atoms with E-state index in [9.17, 15) is 10.1 Å². The fourth-order valence-electron chi connectivity index (χ4n) is 4.93. The first kappa shape index (κ1) is 27.6. The summed E-state index contributed by atoms with van der Waals surface area (Å²) in [5.74, 6) is 1.21. The summed E-state index contributed by atoms with van der Waals surface area (Å²) in [4.78, 5) is 23.4. The van der Waals surface area contributed by atoms with E-state index in [1.807, 2.05) is 85.8 Å². The van der Waals surface area contributed by atoms with Gasteiger partial charge in [-0.3, -0.25) is 9.36 Å². The molecule has 2 heterocycles. The van der Waals surface area contributed by atoms with Gasteiger partial charge in [0.2, 0.25) is 6.29 Å². The smallest absolute Gasteiger partial charge is 0.260 e. The molecule has 5 rings (SSSR count). The first-order valence-electron chi connectivity index (χ1n) is 13.9. The van der Waals surface area contributed by atoms with Crippen molar-refractivity contribution in [1.82, 2.24) is 14.9 Å². The fourth-order valence-corrected chi connectivity index (χ4v) is 4.93. The molecule has 3 aromatic carbocycles. The predicted octanol–water partition coefficient (Wildman–Crippen LogP) is 6.21. The highest BCUT2D eigenvalue weighted by Crippen LogP contribution is 2.24. The molecule has 1 aliphatic heterocycles. The lowest BCUT2D eigenvalue weighted by molar-refractivity contribution is 0.213. The molecule has 0 fully saturated rings. The van der Waals surface area contributed by atoms with Crippen molar-refractivity contribution in [2.75, 3.05) is 0 Å². The van der Waals surface area contributed by atoms with Crippen molar-refractivity contribution in [2.24, 2.45) is 4.99 Å². The lowest BCUT2D eigenvalue weighted by atomic mass is 9.97. The molecule has 0 aliphatic carbocycles. The Balaban J connectivity index is 1.38. The number of hydrogen-bond acceptors (Lipinski definition) is 6. The Kier molecular flexibility index (Phi) is 8.70. The minimum atomic E-state index is -0.608. The molecule has 0 saturated carbocycles. The summed E-state index contributed by atoms with van der Waals surface area (Å²) in [6.45, 7) is 4.42. The van der Waals surface area contributed by atoms with Crippen molar-refractivity contribution in [3.05, 3.63) is 135 Å². The molecular formula is C34H33N5O2. The molecule has 0 saturated heterocycles. The minimum Gasteiger partial charge on any atom is -0.486 e. The van der Waals surface area contributed by atoms with E-state index in [1.54, 1.807) is 17.0 Å². The number of aliphatic imine (C=N–C) groups is 1. The number of nitrogens with one attached hydrogen (secondary N) is 1. The summed E-state index contributed by atoms with van der Waals surface area (Å²) < 4.78 is 7.48. The van der Waals surface area contributed by atoms with Gasteiger partial charge in [0.1, 0.15) is 12.4 Å². The zero-order valence-corrected chi connectivity index (χ0v) is 23.4. The molecule has 0 spiro atoms. The number of allylic oxidation sites excluding steroid dienone is 1. The van der Waals surface area contributed by atoms with Crippen molar-refractivity contribution in [1.29, 1.82) is 5.26 Å². The van der Waals surface area contributed by atoms with Gasteiger partial charge in [-0.1, -0.05) is 86.1 Å². The van der Waals surface area contributed by atoms with E-state index in [0.717, 1.165) is 47.2 Å². The van der Waals surface area contributed by atoms with Gasteiger partial charge in [0.15, 0.2) is 5.76 Å². The Morgan fingerprint density at radius 2 is 1.76 bits per heavy atom. The highest BCUT2D eigenvalue weighted by molar-refractivity contribution is 5.76. The number of nitrogens with zero attached hydrogens (tertiary/aromatic N) is 4.